The van der Waals surface area contributed by atoms with Gasteiger partial charge < -0.3 is 17.1 Å². The number of hydrogen-bond acceptors (Lipinski definition) is 4. The molecular formula is C3H10NNaO5S. The molecule has 0 aliphatic rings. The standard InChI is InChI=1S/C3H7O2.H3NO3S.Na/c1-3(5)2-4;1-5(2,3)4;/h3-5H,1-2H2;(H3,1,2,3,4);/q-1;;+1. The van der Waals surface area contributed by atoms with E-state index in [1.54, 1.807) is 0 Å². The molecule has 0 saturated heterocycles. The van der Waals surface area contributed by atoms with Gasteiger partial charge >= 0.3 is 39.9 Å². The van der Waals surface area contributed by atoms with Crippen LogP contribution in [0.1, 0.15) is 0 Å². The van der Waals surface area contributed by atoms with Crippen LogP contribution in [0.15, 0.2) is 0 Å². The largest absolute Gasteiger partial charge is 1.00 e. The normalized spacial score (nSPS) is 12.1. The van der Waals surface area contributed by atoms with Crippen LogP contribution in [-0.4, -0.2) is 35.9 Å². The quantitative estimate of drug-likeness (QED) is 0.189. The van der Waals surface area contributed by atoms with Gasteiger partial charge in [0.05, 0.1) is 0 Å². The van der Waals surface area contributed by atoms with Gasteiger partial charge in [0.15, 0.2) is 0 Å². The maximum absolute atomic E-state index is 8.97. The second kappa shape index (κ2) is 8.88. The molecule has 0 aliphatic carbocycles. The Hall–Kier alpha value is 0.790. The molecule has 0 bridgehead atoms. The van der Waals surface area contributed by atoms with Gasteiger partial charge in [-0.05, 0) is 6.10 Å². The molecule has 0 aromatic heterocycles. The topological polar surface area (TPSA) is 121 Å². The third-order valence-corrected chi connectivity index (χ3v) is 0.211. The van der Waals surface area contributed by atoms with Crippen LogP contribution in [0.2, 0.25) is 0 Å². The molecule has 8 heteroatoms. The molecule has 0 rings (SSSR count). The Morgan fingerprint density at radius 2 is 1.64 bits per heavy atom. The molecule has 11 heavy (non-hydrogen) atoms. The van der Waals surface area contributed by atoms with E-state index in [9.17, 15) is 0 Å². The van der Waals surface area contributed by atoms with Crippen molar-refractivity contribution in [3.63, 3.8) is 0 Å². The van der Waals surface area contributed by atoms with Crippen molar-refractivity contribution in [1.82, 2.24) is 0 Å². The fourth-order valence-electron chi connectivity index (χ4n) is 0. The third-order valence-electron chi connectivity index (χ3n) is 0.211. The van der Waals surface area contributed by atoms with E-state index in [0.717, 1.165) is 0 Å². The van der Waals surface area contributed by atoms with Gasteiger partial charge in [-0.15, -0.1) is 0 Å². The molecule has 0 spiro atoms. The van der Waals surface area contributed by atoms with Crippen molar-refractivity contribution in [2.75, 3.05) is 6.61 Å². The Kier molecular flexibility index (Phi) is 14.3. The Morgan fingerprint density at radius 3 is 1.64 bits per heavy atom. The van der Waals surface area contributed by atoms with Crippen LogP contribution < -0.4 is 34.7 Å². The molecular weight excluding hydrogens is 185 g/mol. The first-order valence-corrected chi connectivity index (χ1v) is 3.65. The van der Waals surface area contributed by atoms with E-state index >= 15 is 0 Å². The molecule has 0 heterocycles. The SMILES string of the molecule is NS(=O)(=O)O.[CH2-]C(O)CO.[Na+]. The van der Waals surface area contributed by atoms with Crippen LogP contribution in [0, 0.1) is 6.92 Å². The van der Waals surface area contributed by atoms with Crippen molar-refractivity contribution >= 4 is 10.3 Å². The van der Waals surface area contributed by atoms with Gasteiger partial charge in [0.1, 0.15) is 0 Å². The van der Waals surface area contributed by atoms with Crippen molar-refractivity contribution < 1.29 is 52.7 Å². The van der Waals surface area contributed by atoms with Crippen LogP contribution in [-0.2, 0) is 10.3 Å². The Balaban J connectivity index is -0.000000107. The minimum absolute atomic E-state index is 0. The van der Waals surface area contributed by atoms with Gasteiger partial charge in [-0.2, -0.15) is 8.42 Å². The number of hydrogen-bond donors (Lipinski definition) is 4. The summed E-state index contributed by atoms with van der Waals surface area (Å²) in [5.74, 6) is 0. The maximum atomic E-state index is 8.97. The summed E-state index contributed by atoms with van der Waals surface area (Å²) < 4.78 is 25.2. The van der Waals surface area contributed by atoms with E-state index in [-0.39, 0.29) is 36.2 Å². The zero-order valence-corrected chi connectivity index (χ0v) is 8.95. The van der Waals surface area contributed by atoms with E-state index in [1.807, 2.05) is 0 Å². The van der Waals surface area contributed by atoms with Gasteiger partial charge in [0, 0.05) is 6.61 Å². The van der Waals surface area contributed by atoms with Gasteiger partial charge in [-0.25, -0.2) is 5.14 Å². The minimum atomic E-state index is -4.17. The molecule has 0 saturated carbocycles. The van der Waals surface area contributed by atoms with Crippen molar-refractivity contribution in [2.24, 2.45) is 5.14 Å². The summed E-state index contributed by atoms with van der Waals surface area (Å²) in [7, 11) is -4.17. The first-order valence-electron chi connectivity index (χ1n) is 2.14. The van der Waals surface area contributed by atoms with Gasteiger partial charge in [-0.1, -0.05) is 0 Å². The average molecular weight is 195 g/mol. The second-order valence-electron chi connectivity index (χ2n) is 1.35. The zero-order valence-electron chi connectivity index (χ0n) is 6.14. The van der Waals surface area contributed by atoms with E-state index < -0.39 is 16.4 Å². The molecule has 1 atom stereocenters. The Morgan fingerprint density at radius 1 is 1.55 bits per heavy atom. The number of rotatable bonds is 1. The molecule has 0 radical (unpaired) electrons. The Bertz CT molecular complexity index is 147. The van der Waals surface area contributed by atoms with Crippen molar-refractivity contribution in [2.45, 2.75) is 6.10 Å². The Labute approximate surface area is 87.6 Å². The van der Waals surface area contributed by atoms with E-state index in [4.69, 9.17) is 23.2 Å². The van der Waals surface area contributed by atoms with Crippen molar-refractivity contribution in [3.05, 3.63) is 6.92 Å². The van der Waals surface area contributed by atoms with Gasteiger partial charge in [0.2, 0.25) is 0 Å². The summed E-state index contributed by atoms with van der Waals surface area (Å²) in [6.45, 7) is 2.81. The molecule has 64 valence electrons. The van der Waals surface area contributed by atoms with E-state index in [0.29, 0.717) is 0 Å². The zero-order chi connectivity index (χ0) is 8.78. The predicted octanol–water partition coefficient (Wildman–Crippen LogP) is -5.07. The summed E-state index contributed by atoms with van der Waals surface area (Å²) in [6, 6.07) is 0. The van der Waals surface area contributed by atoms with Crippen LogP contribution >= 0.6 is 0 Å². The van der Waals surface area contributed by atoms with E-state index in [2.05, 4.69) is 12.1 Å². The molecule has 5 N–H and O–H groups in total. The smallest absolute Gasteiger partial charge is 0.423 e. The predicted molar refractivity (Wildman–Crippen MR) is 34.2 cm³/mol. The van der Waals surface area contributed by atoms with Crippen molar-refractivity contribution in [3.8, 4) is 0 Å². The van der Waals surface area contributed by atoms with Gasteiger partial charge in [-0.3, -0.25) is 4.55 Å². The van der Waals surface area contributed by atoms with Crippen LogP contribution in [0.5, 0.6) is 0 Å². The minimum Gasteiger partial charge on any atom is -0.423 e. The molecule has 0 amide bonds. The number of nitrogens with two attached hydrogens (primary N) is 1. The molecule has 0 aromatic rings. The van der Waals surface area contributed by atoms with Crippen LogP contribution in [0.4, 0.5) is 0 Å². The number of aliphatic hydroxyl groups excluding tert-OH is 2. The molecule has 0 aliphatic heterocycles. The number of aliphatic hydroxyl groups is 2. The summed E-state index contributed by atoms with van der Waals surface area (Å²) in [6.07, 6.45) is -0.810. The molecule has 0 fully saturated rings. The summed E-state index contributed by atoms with van der Waals surface area (Å²) in [4.78, 5) is 0. The molecule has 0 aromatic carbocycles. The van der Waals surface area contributed by atoms with Gasteiger partial charge in [0.25, 0.3) is 0 Å². The van der Waals surface area contributed by atoms with Crippen LogP contribution in [0.25, 0.3) is 0 Å². The maximum Gasteiger partial charge on any atom is 1.00 e. The monoisotopic (exact) mass is 195 g/mol. The van der Waals surface area contributed by atoms with Crippen molar-refractivity contribution in [1.29, 1.82) is 0 Å². The van der Waals surface area contributed by atoms with Crippen LogP contribution in [0.3, 0.4) is 0 Å². The summed E-state index contributed by atoms with van der Waals surface area (Å²) in [5.41, 5.74) is 0. The third kappa shape index (κ3) is 107. The summed E-state index contributed by atoms with van der Waals surface area (Å²) in [5, 5.41) is 19.7. The first-order chi connectivity index (χ1) is 4.27. The summed E-state index contributed by atoms with van der Waals surface area (Å²) >= 11 is 0. The average Bonchev–Trinajstić information content (AvgIpc) is 1.61. The molecule has 6 nitrogen and oxygen atoms in total. The fourth-order valence-corrected chi connectivity index (χ4v) is 0. The fraction of sp³-hybridized carbons (Fsp3) is 0.667. The van der Waals surface area contributed by atoms with E-state index in [1.165, 1.54) is 0 Å². The molecule has 1 unspecified atom stereocenters. The second-order valence-corrected chi connectivity index (χ2v) is 2.38. The first kappa shape index (κ1) is 17.8.